The first-order valence-electron chi connectivity index (χ1n) is 12.4. The number of halogens is 2. The van der Waals surface area contributed by atoms with Crippen LogP contribution in [0.2, 0.25) is 0 Å². The lowest BCUT2D eigenvalue weighted by molar-refractivity contribution is -0.132. The molecule has 3 aliphatic rings. The number of para-hydroxylation sites is 1. The zero-order chi connectivity index (χ0) is 25.4. The van der Waals surface area contributed by atoms with Crippen LogP contribution in [-0.2, 0) is 9.63 Å². The van der Waals surface area contributed by atoms with Gasteiger partial charge in [-0.25, -0.2) is 13.8 Å². The molecule has 9 heteroatoms. The lowest BCUT2D eigenvalue weighted by Crippen LogP contribution is -2.38. The molecule has 189 valence electrons. The maximum Gasteiger partial charge on any atom is 0.264 e. The molecule has 1 aromatic heterocycles. The molecule has 2 unspecified atom stereocenters. The summed E-state index contributed by atoms with van der Waals surface area (Å²) < 4.78 is 26.8. The molecule has 0 bridgehead atoms. The Kier molecular flexibility index (Phi) is 6.54. The van der Waals surface area contributed by atoms with Crippen molar-refractivity contribution in [3.8, 4) is 0 Å². The predicted octanol–water partition coefficient (Wildman–Crippen LogP) is 4.33. The van der Waals surface area contributed by atoms with Gasteiger partial charge in [-0.1, -0.05) is 47.6 Å². The highest BCUT2D eigenvalue weighted by molar-refractivity contribution is 7.10. The number of nitrogens with zero attached hydrogens (tertiary/aromatic N) is 4. The van der Waals surface area contributed by atoms with Gasteiger partial charge in [0.15, 0.2) is 6.10 Å². The maximum absolute atomic E-state index is 13.4. The highest BCUT2D eigenvalue weighted by atomic mass is 32.1. The number of hydrogen-bond acceptors (Lipinski definition) is 6. The monoisotopic (exact) mass is 519 g/mol. The van der Waals surface area contributed by atoms with E-state index in [0.717, 1.165) is 34.1 Å². The Bertz CT molecular complexity index is 1430. The SMILES string of the molecule is O=C(CC1C=c2ccccc2=N1)N1CCC(c2nc(C3=NOC(c4[c]cccc4C(F)F)C3)cs2)CC1. The Balaban J connectivity index is 1.04. The van der Waals surface area contributed by atoms with E-state index in [-0.39, 0.29) is 23.4 Å². The Morgan fingerprint density at radius 3 is 2.84 bits per heavy atom. The zero-order valence-corrected chi connectivity index (χ0v) is 20.8. The van der Waals surface area contributed by atoms with E-state index in [9.17, 15) is 13.6 Å². The van der Waals surface area contributed by atoms with Crippen molar-refractivity contribution >= 4 is 29.0 Å². The Morgan fingerprint density at radius 1 is 1.19 bits per heavy atom. The fourth-order valence-electron chi connectivity index (χ4n) is 5.18. The van der Waals surface area contributed by atoms with Gasteiger partial charge in [0, 0.05) is 41.9 Å². The van der Waals surface area contributed by atoms with Crippen LogP contribution in [0.5, 0.6) is 0 Å². The molecule has 0 aliphatic carbocycles. The number of piperidine rings is 1. The van der Waals surface area contributed by atoms with Gasteiger partial charge in [0.1, 0.15) is 5.71 Å². The van der Waals surface area contributed by atoms with Gasteiger partial charge in [0.05, 0.1) is 28.5 Å². The summed E-state index contributed by atoms with van der Waals surface area (Å²) in [5.41, 5.74) is 1.66. The fraction of sp³-hybridized carbons (Fsp3) is 0.357. The van der Waals surface area contributed by atoms with E-state index in [2.05, 4.69) is 22.3 Å². The van der Waals surface area contributed by atoms with E-state index in [1.165, 1.54) is 6.07 Å². The number of rotatable bonds is 6. The molecular formula is C28H25F2N4O2S. The number of carbonyl (C=O) groups excluding carboxylic acids is 1. The lowest BCUT2D eigenvalue weighted by atomic mass is 9.96. The van der Waals surface area contributed by atoms with Gasteiger partial charge in [-0.3, -0.25) is 9.79 Å². The molecule has 37 heavy (non-hydrogen) atoms. The third kappa shape index (κ3) is 4.92. The van der Waals surface area contributed by atoms with Crippen molar-refractivity contribution in [2.24, 2.45) is 10.1 Å². The van der Waals surface area contributed by atoms with Crippen molar-refractivity contribution in [2.75, 3.05) is 13.1 Å². The van der Waals surface area contributed by atoms with Crippen molar-refractivity contribution in [3.63, 3.8) is 0 Å². The summed E-state index contributed by atoms with van der Waals surface area (Å²) in [5.74, 6) is 0.418. The molecule has 0 N–H and O–H groups in total. The standard InChI is InChI=1S/C28H25F2N4O2S/c29-27(30)21-7-3-2-6-20(21)25-15-23(33-36-25)24-16-37-28(32-24)17-9-11-34(12-10-17)26(35)14-19-13-18-5-1-4-8-22(18)31-19/h1-5,7-8,13,16-17,19,25,27H,9-12,14-15H2. The normalized spacial score (nSPS) is 21.3. The van der Waals surface area contributed by atoms with E-state index < -0.39 is 12.5 Å². The summed E-state index contributed by atoms with van der Waals surface area (Å²) >= 11 is 1.58. The number of alkyl halides is 2. The molecule has 3 aromatic rings. The second-order valence-electron chi connectivity index (χ2n) is 9.53. The minimum atomic E-state index is -2.59. The van der Waals surface area contributed by atoms with E-state index in [1.807, 2.05) is 34.5 Å². The Hall–Kier alpha value is -3.46. The third-order valence-electron chi connectivity index (χ3n) is 7.16. The second kappa shape index (κ2) is 10.1. The van der Waals surface area contributed by atoms with Crippen LogP contribution in [0.1, 0.15) is 66.0 Å². The topological polar surface area (TPSA) is 67.2 Å². The van der Waals surface area contributed by atoms with Crippen LogP contribution < -0.4 is 10.6 Å². The van der Waals surface area contributed by atoms with Crippen molar-refractivity contribution < 1.29 is 18.4 Å². The van der Waals surface area contributed by atoms with Crippen LogP contribution in [0.15, 0.2) is 58.0 Å². The minimum Gasteiger partial charge on any atom is -0.387 e. The molecule has 0 spiro atoms. The van der Waals surface area contributed by atoms with Gasteiger partial charge >= 0.3 is 0 Å². The van der Waals surface area contributed by atoms with Crippen molar-refractivity contribution in [1.29, 1.82) is 0 Å². The molecule has 4 heterocycles. The van der Waals surface area contributed by atoms with Gasteiger partial charge in [-0.15, -0.1) is 11.3 Å². The number of oxime groups is 1. The average molecular weight is 520 g/mol. The van der Waals surface area contributed by atoms with Crippen molar-refractivity contribution in [3.05, 3.63) is 86.3 Å². The van der Waals surface area contributed by atoms with Crippen LogP contribution in [0.4, 0.5) is 8.78 Å². The van der Waals surface area contributed by atoms with E-state index in [0.29, 0.717) is 37.2 Å². The second-order valence-corrected chi connectivity index (χ2v) is 10.4. The number of aromatic nitrogens is 1. The predicted molar refractivity (Wildman–Crippen MR) is 136 cm³/mol. The number of benzene rings is 2. The average Bonchev–Trinajstić information content (AvgIpc) is 3.68. The molecule has 2 atom stereocenters. The fourth-order valence-corrected chi connectivity index (χ4v) is 6.18. The number of hydrogen-bond donors (Lipinski definition) is 0. The van der Waals surface area contributed by atoms with Crippen molar-refractivity contribution in [1.82, 2.24) is 9.88 Å². The van der Waals surface area contributed by atoms with Gasteiger partial charge in [0.25, 0.3) is 6.43 Å². The molecular weight excluding hydrogens is 494 g/mol. The van der Waals surface area contributed by atoms with Crippen LogP contribution in [0.25, 0.3) is 6.08 Å². The highest BCUT2D eigenvalue weighted by Gasteiger charge is 2.31. The zero-order valence-electron chi connectivity index (χ0n) is 20.0. The molecule has 1 fully saturated rings. The van der Waals surface area contributed by atoms with E-state index in [1.54, 1.807) is 23.5 Å². The van der Waals surface area contributed by atoms with Crippen LogP contribution in [0.3, 0.4) is 0 Å². The molecule has 6 nitrogen and oxygen atoms in total. The van der Waals surface area contributed by atoms with Crippen molar-refractivity contribution in [2.45, 2.75) is 50.2 Å². The molecule has 1 saturated heterocycles. The van der Waals surface area contributed by atoms with Gasteiger partial charge in [-0.2, -0.15) is 0 Å². The summed E-state index contributed by atoms with van der Waals surface area (Å²) in [4.78, 5) is 29.8. The molecule has 3 aliphatic heterocycles. The van der Waals surface area contributed by atoms with Gasteiger partial charge in [0.2, 0.25) is 5.91 Å². The smallest absolute Gasteiger partial charge is 0.264 e. The molecule has 1 amide bonds. The summed E-state index contributed by atoms with van der Waals surface area (Å²) in [7, 11) is 0. The molecule has 2 aromatic carbocycles. The highest BCUT2D eigenvalue weighted by Crippen LogP contribution is 2.36. The molecule has 0 saturated carbocycles. The molecule has 1 radical (unpaired) electrons. The Labute approximate surface area is 217 Å². The van der Waals surface area contributed by atoms with Crippen LogP contribution >= 0.6 is 11.3 Å². The van der Waals surface area contributed by atoms with Crippen LogP contribution in [-0.4, -0.2) is 40.6 Å². The quantitative estimate of drug-likeness (QED) is 0.487. The first-order chi connectivity index (χ1) is 18.0. The Morgan fingerprint density at radius 2 is 2.03 bits per heavy atom. The third-order valence-corrected chi connectivity index (χ3v) is 8.17. The largest absolute Gasteiger partial charge is 0.387 e. The first kappa shape index (κ1) is 23.9. The number of fused-ring (bicyclic) bond motifs is 1. The van der Waals surface area contributed by atoms with E-state index >= 15 is 0 Å². The van der Waals surface area contributed by atoms with E-state index in [4.69, 9.17) is 9.82 Å². The van der Waals surface area contributed by atoms with Crippen LogP contribution in [0, 0.1) is 6.07 Å². The van der Waals surface area contributed by atoms with Gasteiger partial charge < -0.3 is 9.74 Å². The lowest BCUT2D eigenvalue weighted by Gasteiger charge is -2.31. The first-order valence-corrected chi connectivity index (χ1v) is 13.3. The molecule has 6 rings (SSSR count). The number of thiazole rings is 1. The number of amides is 1. The number of likely N-dealkylation sites (tertiary alicyclic amines) is 1. The maximum atomic E-state index is 13.4. The summed E-state index contributed by atoms with van der Waals surface area (Å²) in [6, 6.07) is 15.3. The summed E-state index contributed by atoms with van der Waals surface area (Å²) in [6.45, 7) is 1.40. The summed E-state index contributed by atoms with van der Waals surface area (Å²) in [6.07, 6.45) is 1.37. The van der Waals surface area contributed by atoms with Gasteiger partial charge in [-0.05, 0) is 30.2 Å². The minimum absolute atomic E-state index is 0.0757. The summed E-state index contributed by atoms with van der Waals surface area (Å²) in [5, 5.41) is 9.18. The number of carbonyl (C=O) groups is 1.